The molecular weight excluding hydrogens is 356 g/mol. The van der Waals surface area contributed by atoms with Gasteiger partial charge in [-0.2, -0.15) is 0 Å². The number of methoxy groups -OCH3 is 2. The van der Waals surface area contributed by atoms with E-state index in [1.165, 1.54) is 27.1 Å². The molecule has 0 aliphatic heterocycles. The van der Waals surface area contributed by atoms with Crippen molar-refractivity contribution in [2.24, 2.45) is 11.8 Å². The van der Waals surface area contributed by atoms with E-state index in [-0.39, 0.29) is 24.2 Å². The van der Waals surface area contributed by atoms with E-state index in [0.717, 1.165) is 23.4 Å². The molecule has 1 amide bonds. The SMILES string of the molecule is COc1ccc(OC)c(N(CC(=O)N[C@@H]2C[C@H]3CC[C@@H]2C3)S(C)(=O)=O)c1. The van der Waals surface area contributed by atoms with E-state index < -0.39 is 10.0 Å². The number of sulfonamides is 1. The van der Waals surface area contributed by atoms with Gasteiger partial charge >= 0.3 is 0 Å². The van der Waals surface area contributed by atoms with Crippen LogP contribution < -0.4 is 19.1 Å². The molecule has 144 valence electrons. The first-order valence-corrected chi connectivity index (χ1v) is 10.7. The Labute approximate surface area is 154 Å². The lowest BCUT2D eigenvalue weighted by molar-refractivity contribution is -0.120. The van der Waals surface area contributed by atoms with Gasteiger partial charge in [0.15, 0.2) is 0 Å². The molecule has 0 radical (unpaired) electrons. The zero-order valence-electron chi connectivity index (χ0n) is 15.4. The van der Waals surface area contributed by atoms with Gasteiger partial charge in [0.2, 0.25) is 15.9 Å². The Kier molecular flexibility index (Phi) is 5.32. The third-order valence-electron chi connectivity index (χ3n) is 5.43. The predicted octanol–water partition coefficient (Wildman–Crippen LogP) is 1.77. The van der Waals surface area contributed by atoms with Crippen LogP contribution in [0.3, 0.4) is 0 Å². The van der Waals surface area contributed by atoms with Crippen molar-refractivity contribution >= 4 is 21.6 Å². The van der Waals surface area contributed by atoms with Crippen LogP contribution in [0.5, 0.6) is 11.5 Å². The van der Waals surface area contributed by atoms with Gasteiger partial charge in [0, 0.05) is 12.1 Å². The molecule has 1 N–H and O–H groups in total. The van der Waals surface area contributed by atoms with Gasteiger partial charge in [-0.3, -0.25) is 9.10 Å². The van der Waals surface area contributed by atoms with Crippen LogP contribution in [0.25, 0.3) is 0 Å². The van der Waals surface area contributed by atoms with Crippen molar-refractivity contribution in [2.75, 3.05) is 31.3 Å². The van der Waals surface area contributed by atoms with E-state index in [2.05, 4.69) is 5.32 Å². The lowest BCUT2D eigenvalue weighted by Gasteiger charge is -2.27. The molecule has 7 nitrogen and oxygen atoms in total. The third-order valence-corrected chi connectivity index (χ3v) is 6.55. The van der Waals surface area contributed by atoms with Gasteiger partial charge in [-0.25, -0.2) is 8.42 Å². The molecule has 2 saturated carbocycles. The molecule has 2 aliphatic carbocycles. The zero-order chi connectivity index (χ0) is 18.9. The normalized spacial score (nSPS) is 24.3. The first-order valence-electron chi connectivity index (χ1n) is 8.81. The van der Waals surface area contributed by atoms with Crippen molar-refractivity contribution in [1.29, 1.82) is 0 Å². The molecule has 0 spiro atoms. The molecule has 26 heavy (non-hydrogen) atoms. The maximum atomic E-state index is 12.6. The number of hydrogen-bond donors (Lipinski definition) is 1. The Morgan fingerprint density at radius 2 is 2.00 bits per heavy atom. The molecular formula is C18H26N2O5S. The number of carbonyl (C=O) groups excluding carboxylic acids is 1. The second-order valence-corrected chi connectivity index (χ2v) is 9.06. The van der Waals surface area contributed by atoms with Crippen LogP contribution in [0.1, 0.15) is 25.7 Å². The summed E-state index contributed by atoms with van der Waals surface area (Å²) < 4.78 is 36.2. The molecule has 1 aromatic carbocycles. The topological polar surface area (TPSA) is 84.9 Å². The summed E-state index contributed by atoms with van der Waals surface area (Å²) in [6, 6.07) is 5.03. The Hall–Kier alpha value is -1.96. The number of benzene rings is 1. The second-order valence-electron chi connectivity index (χ2n) is 7.16. The van der Waals surface area contributed by atoms with Crippen LogP contribution >= 0.6 is 0 Å². The standard InChI is InChI=1S/C18H26N2O5S/c1-24-14-6-7-17(25-2)16(10-14)20(26(3,22)23)11-18(21)19-15-9-12-4-5-13(15)8-12/h6-7,10,12-13,15H,4-5,8-9,11H2,1-3H3,(H,19,21)/t12-,13+,15+/m0/s1. The summed E-state index contributed by atoms with van der Waals surface area (Å²) in [5.41, 5.74) is 0.289. The lowest BCUT2D eigenvalue weighted by Crippen LogP contribution is -2.45. The summed E-state index contributed by atoms with van der Waals surface area (Å²) in [6.07, 6.45) is 5.64. The Morgan fingerprint density at radius 3 is 2.54 bits per heavy atom. The van der Waals surface area contributed by atoms with Crippen LogP contribution in [0.2, 0.25) is 0 Å². The first-order chi connectivity index (χ1) is 12.3. The largest absolute Gasteiger partial charge is 0.497 e. The predicted molar refractivity (Wildman–Crippen MR) is 99.1 cm³/mol. The van der Waals surface area contributed by atoms with E-state index in [1.807, 2.05) is 0 Å². The summed E-state index contributed by atoms with van der Waals surface area (Å²) in [7, 11) is -0.720. The molecule has 0 heterocycles. The molecule has 3 rings (SSSR count). The molecule has 2 bridgehead atoms. The lowest BCUT2D eigenvalue weighted by atomic mass is 9.95. The number of amides is 1. The maximum absolute atomic E-state index is 12.6. The fourth-order valence-electron chi connectivity index (χ4n) is 4.18. The third kappa shape index (κ3) is 3.90. The molecule has 0 saturated heterocycles. The quantitative estimate of drug-likeness (QED) is 0.777. The fraction of sp³-hybridized carbons (Fsp3) is 0.611. The molecule has 2 fully saturated rings. The monoisotopic (exact) mass is 382 g/mol. The number of rotatable bonds is 7. The van der Waals surface area contributed by atoms with Crippen molar-refractivity contribution < 1.29 is 22.7 Å². The van der Waals surface area contributed by atoms with Crippen molar-refractivity contribution in [3.05, 3.63) is 18.2 Å². The molecule has 0 aromatic heterocycles. The molecule has 1 aromatic rings. The number of anilines is 1. The van der Waals surface area contributed by atoms with Crippen LogP contribution in [0.15, 0.2) is 18.2 Å². The van der Waals surface area contributed by atoms with Crippen molar-refractivity contribution in [3.63, 3.8) is 0 Å². The first kappa shape index (κ1) is 18.8. The van der Waals surface area contributed by atoms with Gasteiger partial charge in [-0.1, -0.05) is 6.42 Å². The highest BCUT2D eigenvalue weighted by molar-refractivity contribution is 7.92. The highest BCUT2D eigenvalue weighted by Crippen LogP contribution is 2.44. The fourth-order valence-corrected chi connectivity index (χ4v) is 5.03. The highest BCUT2D eigenvalue weighted by atomic mass is 32.2. The Bertz CT molecular complexity index is 780. The zero-order valence-corrected chi connectivity index (χ0v) is 16.2. The van der Waals surface area contributed by atoms with Gasteiger partial charge in [-0.05, 0) is 43.2 Å². The minimum Gasteiger partial charge on any atom is -0.497 e. The van der Waals surface area contributed by atoms with Crippen LogP contribution in [0.4, 0.5) is 5.69 Å². The minimum atomic E-state index is -3.68. The number of carbonyl (C=O) groups is 1. The number of ether oxygens (including phenoxy) is 2. The van der Waals surface area contributed by atoms with Gasteiger partial charge in [0.1, 0.15) is 18.0 Å². The van der Waals surface area contributed by atoms with Crippen LogP contribution in [-0.2, 0) is 14.8 Å². The van der Waals surface area contributed by atoms with Crippen LogP contribution in [-0.4, -0.2) is 47.4 Å². The maximum Gasteiger partial charge on any atom is 0.241 e. The van der Waals surface area contributed by atoms with E-state index in [1.54, 1.807) is 18.2 Å². The van der Waals surface area contributed by atoms with Crippen molar-refractivity contribution in [1.82, 2.24) is 5.32 Å². The summed E-state index contributed by atoms with van der Waals surface area (Å²) in [6.45, 7) is -0.282. The van der Waals surface area contributed by atoms with Gasteiger partial charge in [0.25, 0.3) is 0 Å². The summed E-state index contributed by atoms with van der Waals surface area (Å²) >= 11 is 0. The average Bonchev–Trinajstić information content (AvgIpc) is 3.21. The smallest absolute Gasteiger partial charge is 0.241 e. The molecule has 2 aliphatic rings. The van der Waals surface area contributed by atoms with Crippen LogP contribution in [0, 0.1) is 11.8 Å². The van der Waals surface area contributed by atoms with E-state index >= 15 is 0 Å². The molecule has 3 atom stereocenters. The number of nitrogens with zero attached hydrogens (tertiary/aromatic N) is 1. The van der Waals surface area contributed by atoms with Crippen molar-refractivity contribution in [3.8, 4) is 11.5 Å². The average molecular weight is 382 g/mol. The van der Waals surface area contributed by atoms with Gasteiger partial charge < -0.3 is 14.8 Å². The number of nitrogens with one attached hydrogen (secondary N) is 1. The number of fused-ring (bicyclic) bond motifs is 2. The molecule has 0 unspecified atom stereocenters. The Balaban J connectivity index is 1.80. The van der Waals surface area contributed by atoms with E-state index in [9.17, 15) is 13.2 Å². The summed E-state index contributed by atoms with van der Waals surface area (Å²) in [4.78, 5) is 12.6. The van der Waals surface area contributed by atoms with Gasteiger partial charge in [0.05, 0.1) is 26.2 Å². The van der Waals surface area contributed by atoms with Gasteiger partial charge in [-0.15, -0.1) is 0 Å². The van der Waals surface area contributed by atoms with E-state index in [0.29, 0.717) is 23.3 Å². The molecule has 8 heteroatoms. The number of hydrogen-bond acceptors (Lipinski definition) is 5. The summed E-state index contributed by atoms with van der Waals surface area (Å²) in [5, 5.41) is 3.03. The van der Waals surface area contributed by atoms with Crippen molar-refractivity contribution in [2.45, 2.75) is 31.7 Å². The highest BCUT2D eigenvalue weighted by Gasteiger charge is 2.40. The summed E-state index contributed by atoms with van der Waals surface area (Å²) in [5.74, 6) is 1.79. The van der Waals surface area contributed by atoms with E-state index in [4.69, 9.17) is 9.47 Å². The minimum absolute atomic E-state index is 0.162. The Morgan fingerprint density at radius 1 is 1.23 bits per heavy atom. The second kappa shape index (κ2) is 7.34.